The van der Waals surface area contributed by atoms with Crippen molar-refractivity contribution in [2.75, 3.05) is 5.75 Å². The van der Waals surface area contributed by atoms with Gasteiger partial charge in [-0.05, 0) is 17.1 Å². The van der Waals surface area contributed by atoms with Crippen LogP contribution in [0.2, 0.25) is 0 Å². The number of rotatable bonds is 5. The zero-order valence-corrected chi connectivity index (χ0v) is 11.4. The van der Waals surface area contributed by atoms with Gasteiger partial charge in [-0.25, -0.2) is 0 Å². The van der Waals surface area contributed by atoms with E-state index in [9.17, 15) is 13.6 Å². The number of carboxylic acids is 1. The van der Waals surface area contributed by atoms with Crippen LogP contribution in [-0.4, -0.2) is 22.1 Å². The number of carbonyl (C=O) groups is 1. The molecule has 1 fully saturated rings. The third-order valence-corrected chi connectivity index (χ3v) is 4.45. The lowest BCUT2D eigenvalue weighted by molar-refractivity contribution is -0.139. The first kappa shape index (κ1) is 14.8. The summed E-state index contributed by atoms with van der Waals surface area (Å²) in [6, 6.07) is 0. The van der Waals surface area contributed by atoms with Gasteiger partial charge in [0.25, 0.3) is 0 Å². The smallest absolute Gasteiger partial charge is 0.329 e. The molecule has 0 bridgehead atoms. The van der Waals surface area contributed by atoms with Gasteiger partial charge in [0.2, 0.25) is 0 Å². The van der Waals surface area contributed by atoms with E-state index in [-0.39, 0.29) is 5.75 Å². The van der Waals surface area contributed by atoms with Crippen molar-refractivity contribution in [1.82, 2.24) is 0 Å². The van der Waals surface area contributed by atoms with E-state index in [1.807, 2.05) is 0 Å². The summed E-state index contributed by atoms with van der Waals surface area (Å²) in [5, 5.41) is 5.22. The first-order valence-corrected chi connectivity index (χ1v) is 6.63. The molecule has 17 heavy (non-hydrogen) atoms. The SMILES string of the molecule is CCSC(F)(F)C(Cl)=CC1C(C(=O)O)C1(C)C. The molecule has 0 aromatic carbocycles. The Bertz CT molecular complexity index is 355. The van der Waals surface area contributed by atoms with Crippen molar-refractivity contribution in [2.45, 2.75) is 26.0 Å². The van der Waals surface area contributed by atoms with Crippen LogP contribution in [0.3, 0.4) is 0 Å². The predicted octanol–water partition coefficient (Wildman–Crippen LogP) is 3.81. The molecule has 1 saturated carbocycles. The van der Waals surface area contributed by atoms with Crippen LogP contribution in [0.15, 0.2) is 11.1 Å². The molecule has 1 N–H and O–H groups in total. The fourth-order valence-electron chi connectivity index (χ4n) is 1.97. The van der Waals surface area contributed by atoms with Crippen LogP contribution in [0.25, 0.3) is 0 Å². The molecular weight excluding hydrogens is 270 g/mol. The Morgan fingerprint density at radius 3 is 2.47 bits per heavy atom. The molecule has 2 unspecified atom stereocenters. The van der Waals surface area contributed by atoms with Gasteiger partial charge < -0.3 is 5.11 Å². The molecule has 2 atom stereocenters. The van der Waals surface area contributed by atoms with Crippen LogP contribution in [0.1, 0.15) is 20.8 Å². The molecule has 0 aromatic rings. The Morgan fingerprint density at radius 1 is 1.59 bits per heavy atom. The van der Waals surface area contributed by atoms with Crippen molar-refractivity contribution in [2.24, 2.45) is 17.3 Å². The molecule has 1 aliphatic rings. The van der Waals surface area contributed by atoms with E-state index in [4.69, 9.17) is 16.7 Å². The third-order valence-electron chi connectivity index (χ3n) is 3.11. The molecule has 0 radical (unpaired) electrons. The Hall–Kier alpha value is -0.290. The number of halogens is 3. The molecule has 98 valence electrons. The minimum Gasteiger partial charge on any atom is -0.481 e. The standard InChI is InChI=1S/C11H15ClF2O2S/c1-4-17-11(13,14)7(12)5-6-8(9(15)16)10(6,2)3/h5-6,8H,4H2,1-3H3,(H,15,16). The van der Waals surface area contributed by atoms with Crippen molar-refractivity contribution >= 4 is 29.3 Å². The lowest BCUT2D eigenvalue weighted by atomic mass is 10.1. The van der Waals surface area contributed by atoms with E-state index in [2.05, 4.69) is 0 Å². The maximum Gasteiger partial charge on any atom is 0.329 e. The maximum absolute atomic E-state index is 13.4. The molecule has 0 amide bonds. The summed E-state index contributed by atoms with van der Waals surface area (Å²) >= 11 is 6.02. The van der Waals surface area contributed by atoms with Gasteiger partial charge in [-0.1, -0.05) is 50.2 Å². The van der Waals surface area contributed by atoms with Crippen LogP contribution in [0, 0.1) is 17.3 Å². The molecule has 1 aliphatic carbocycles. The zero-order chi connectivity index (χ0) is 13.4. The average molecular weight is 285 g/mol. The highest BCUT2D eigenvalue weighted by Gasteiger charge is 2.61. The van der Waals surface area contributed by atoms with Crippen LogP contribution >= 0.6 is 23.4 Å². The van der Waals surface area contributed by atoms with Gasteiger partial charge in [-0.15, -0.1) is 0 Å². The average Bonchev–Trinajstić information content (AvgIpc) is 2.67. The quantitative estimate of drug-likeness (QED) is 0.834. The highest BCUT2D eigenvalue weighted by molar-refractivity contribution is 8.00. The monoisotopic (exact) mass is 284 g/mol. The Balaban J connectivity index is 2.81. The Morgan fingerprint density at radius 2 is 2.12 bits per heavy atom. The fourth-order valence-corrected chi connectivity index (χ4v) is 2.83. The van der Waals surface area contributed by atoms with Crippen LogP contribution in [-0.2, 0) is 4.79 Å². The van der Waals surface area contributed by atoms with Gasteiger partial charge in [0.15, 0.2) is 0 Å². The second-order valence-corrected chi connectivity index (χ2v) is 6.41. The normalized spacial score (nSPS) is 28.0. The Kier molecular flexibility index (Phi) is 4.14. The summed E-state index contributed by atoms with van der Waals surface area (Å²) in [5.74, 6) is -1.77. The molecule has 0 spiro atoms. The minimum atomic E-state index is -3.13. The number of thioether (sulfide) groups is 1. The molecule has 0 saturated heterocycles. The van der Waals surface area contributed by atoms with Crippen molar-refractivity contribution in [1.29, 1.82) is 0 Å². The summed E-state index contributed by atoms with van der Waals surface area (Å²) in [6.45, 7) is 5.09. The maximum atomic E-state index is 13.4. The number of hydrogen-bond acceptors (Lipinski definition) is 2. The molecule has 0 aliphatic heterocycles. The summed E-state index contributed by atoms with van der Waals surface area (Å²) in [5.41, 5.74) is -0.501. The lowest BCUT2D eigenvalue weighted by Gasteiger charge is -2.13. The van der Waals surface area contributed by atoms with Crippen molar-refractivity contribution in [3.8, 4) is 0 Å². The second kappa shape index (κ2) is 4.76. The van der Waals surface area contributed by atoms with E-state index in [1.165, 1.54) is 6.08 Å². The largest absolute Gasteiger partial charge is 0.481 e. The van der Waals surface area contributed by atoms with Gasteiger partial charge in [-0.2, -0.15) is 8.78 Å². The fraction of sp³-hybridized carbons (Fsp3) is 0.727. The van der Waals surface area contributed by atoms with Gasteiger partial charge in [0, 0.05) is 0 Å². The summed E-state index contributed by atoms with van der Waals surface area (Å²) < 4.78 is 26.8. The highest BCUT2D eigenvalue weighted by Crippen LogP contribution is 2.60. The number of hydrogen-bond donors (Lipinski definition) is 1. The second-order valence-electron chi connectivity index (χ2n) is 4.63. The number of carboxylic acid groups (broad SMARTS) is 1. The van der Waals surface area contributed by atoms with Gasteiger partial charge in [-0.3, -0.25) is 4.79 Å². The van der Waals surface area contributed by atoms with E-state index in [0.29, 0.717) is 11.8 Å². The van der Waals surface area contributed by atoms with Crippen molar-refractivity contribution in [3.63, 3.8) is 0 Å². The van der Waals surface area contributed by atoms with Crippen LogP contribution in [0.4, 0.5) is 8.78 Å². The van der Waals surface area contributed by atoms with Gasteiger partial charge in [0.1, 0.15) is 0 Å². The van der Waals surface area contributed by atoms with E-state index >= 15 is 0 Å². The van der Waals surface area contributed by atoms with E-state index in [1.54, 1.807) is 20.8 Å². The van der Waals surface area contributed by atoms with E-state index < -0.39 is 33.5 Å². The van der Waals surface area contributed by atoms with Gasteiger partial charge >= 0.3 is 11.2 Å². The van der Waals surface area contributed by atoms with Crippen LogP contribution in [0.5, 0.6) is 0 Å². The lowest BCUT2D eigenvalue weighted by Crippen LogP contribution is -2.11. The van der Waals surface area contributed by atoms with Gasteiger partial charge in [0.05, 0.1) is 11.0 Å². The summed E-state index contributed by atoms with van der Waals surface area (Å²) in [7, 11) is 0. The molecule has 6 heteroatoms. The first-order chi connectivity index (χ1) is 7.64. The molecule has 1 rings (SSSR count). The predicted molar refractivity (Wildman–Crippen MR) is 65.4 cm³/mol. The summed E-state index contributed by atoms with van der Waals surface area (Å²) in [4.78, 5) is 10.9. The molecule has 0 heterocycles. The molecular formula is C11H15ClF2O2S. The van der Waals surface area contributed by atoms with Crippen molar-refractivity contribution < 1.29 is 18.7 Å². The number of alkyl halides is 2. The topological polar surface area (TPSA) is 37.3 Å². The summed E-state index contributed by atoms with van der Waals surface area (Å²) in [6.07, 6.45) is 1.20. The molecule has 2 nitrogen and oxygen atoms in total. The van der Waals surface area contributed by atoms with Crippen LogP contribution < -0.4 is 0 Å². The number of aliphatic carboxylic acids is 1. The number of allylic oxidation sites excluding steroid dienone is 1. The Labute approximate surface area is 108 Å². The molecule has 0 aromatic heterocycles. The first-order valence-electron chi connectivity index (χ1n) is 5.27. The van der Waals surface area contributed by atoms with E-state index in [0.717, 1.165) is 0 Å². The highest BCUT2D eigenvalue weighted by atomic mass is 35.5. The zero-order valence-electron chi connectivity index (χ0n) is 9.84. The van der Waals surface area contributed by atoms with Crippen molar-refractivity contribution in [3.05, 3.63) is 11.1 Å². The third kappa shape index (κ3) is 2.94. The minimum absolute atomic E-state index is 0.244.